The summed E-state index contributed by atoms with van der Waals surface area (Å²) in [6.07, 6.45) is 3.01. The zero-order valence-electron chi connectivity index (χ0n) is 10.5. The molecule has 0 aromatic carbocycles. The molecule has 1 N–H and O–H groups in total. The summed E-state index contributed by atoms with van der Waals surface area (Å²) in [5, 5.41) is 1.65. The number of aromatic nitrogens is 1. The molecule has 0 saturated carbocycles. The van der Waals surface area contributed by atoms with E-state index in [9.17, 15) is 13.2 Å². The maximum Gasteiger partial charge on any atom is 0.358 e. The number of hydrogen-bond donors (Lipinski definition) is 1. The van der Waals surface area contributed by atoms with E-state index >= 15 is 0 Å². The van der Waals surface area contributed by atoms with Gasteiger partial charge in [0.1, 0.15) is 0 Å². The van der Waals surface area contributed by atoms with Gasteiger partial charge in [-0.25, -0.2) is 23.2 Å². The van der Waals surface area contributed by atoms with Crippen molar-refractivity contribution in [3.05, 3.63) is 11.2 Å². The van der Waals surface area contributed by atoms with Gasteiger partial charge in [-0.2, -0.15) is 0 Å². The zero-order valence-corrected chi connectivity index (χ0v) is 12.1. The van der Waals surface area contributed by atoms with E-state index in [0.29, 0.717) is 13.1 Å². The third-order valence-electron chi connectivity index (χ3n) is 2.76. The first kappa shape index (κ1) is 14.4. The minimum atomic E-state index is -3.77. The smallest absolute Gasteiger partial charge is 0.358 e. The maximum absolute atomic E-state index is 12.2. The standard InChI is InChI=1S/C10H15N3O4S2/c1-17-9(14)8-10(18-7-11-8)19(15,16)12-13-5-3-2-4-6-13/h7,12H,2-6H2,1H3. The number of carbonyl (C=O) groups is 1. The molecule has 1 aromatic rings. The molecular weight excluding hydrogens is 290 g/mol. The van der Waals surface area contributed by atoms with Crippen LogP contribution in [0.4, 0.5) is 0 Å². The van der Waals surface area contributed by atoms with Crippen LogP contribution < -0.4 is 4.83 Å². The minimum Gasteiger partial charge on any atom is -0.464 e. The molecule has 1 aliphatic heterocycles. The van der Waals surface area contributed by atoms with Gasteiger partial charge in [0.15, 0.2) is 9.90 Å². The van der Waals surface area contributed by atoms with Gasteiger partial charge in [-0.1, -0.05) is 6.42 Å². The molecule has 1 aromatic heterocycles. The molecule has 1 saturated heterocycles. The molecule has 2 rings (SSSR count). The van der Waals surface area contributed by atoms with Crippen molar-refractivity contribution in [1.82, 2.24) is 14.8 Å². The number of sulfonamides is 1. The van der Waals surface area contributed by atoms with Crippen LogP contribution in [0, 0.1) is 0 Å². The Labute approximate surface area is 115 Å². The van der Waals surface area contributed by atoms with Gasteiger partial charge < -0.3 is 4.74 Å². The third kappa shape index (κ3) is 3.30. The summed E-state index contributed by atoms with van der Waals surface area (Å²) in [5.41, 5.74) is 1.15. The molecule has 0 spiro atoms. The van der Waals surface area contributed by atoms with Crippen molar-refractivity contribution in [1.29, 1.82) is 0 Å². The summed E-state index contributed by atoms with van der Waals surface area (Å²) in [6.45, 7) is 1.34. The fourth-order valence-electron chi connectivity index (χ4n) is 1.86. The predicted molar refractivity (Wildman–Crippen MR) is 69.2 cm³/mol. The van der Waals surface area contributed by atoms with Crippen LogP contribution >= 0.6 is 11.3 Å². The Hall–Kier alpha value is -1.03. The molecule has 0 unspecified atom stereocenters. The predicted octanol–water partition coefficient (Wildman–Crippen LogP) is 0.609. The first-order chi connectivity index (χ1) is 9.04. The Morgan fingerprint density at radius 1 is 1.42 bits per heavy atom. The Balaban J connectivity index is 2.19. The number of hydrazine groups is 1. The van der Waals surface area contributed by atoms with Crippen LogP contribution in [0.1, 0.15) is 29.8 Å². The topological polar surface area (TPSA) is 88.6 Å². The van der Waals surface area contributed by atoms with Crippen LogP contribution in [-0.4, -0.2) is 44.6 Å². The maximum atomic E-state index is 12.2. The normalized spacial score (nSPS) is 17.3. The highest BCUT2D eigenvalue weighted by Crippen LogP contribution is 2.21. The summed E-state index contributed by atoms with van der Waals surface area (Å²) < 4.78 is 28.8. The first-order valence-corrected chi connectivity index (χ1v) is 8.20. The second-order valence-corrected chi connectivity index (χ2v) is 6.83. The van der Waals surface area contributed by atoms with Crippen molar-refractivity contribution in [2.45, 2.75) is 23.5 Å². The highest BCUT2D eigenvalue weighted by Gasteiger charge is 2.28. The van der Waals surface area contributed by atoms with E-state index in [2.05, 4.69) is 14.6 Å². The van der Waals surface area contributed by atoms with Gasteiger partial charge in [-0.15, -0.1) is 16.2 Å². The van der Waals surface area contributed by atoms with E-state index < -0.39 is 16.0 Å². The fourth-order valence-corrected chi connectivity index (χ4v) is 4.10. The highest BCUT2D eigenvalue weighted by molar-refractivity contribution is 7.91. The van der Waals surface area contributed by atoms with Crippen molar-refractivity contribution >= 4 is 27.3 Å². The van der Waals surface area contributed by atoms with Crippen LogP contribution in [-0.2, 0) is 14.8 Å². The lowest BCUT2D eigenvalue weighted by Gasteiger charge is -2.26. The first-order valence-electron chi connectivity index (χ1n) is 5.84. The Kier molecular flexibility index (Phi) is 4.50. The van der Waals surface area contributed by atoms with Crippen molar-refractivity contribution in [3.63, 3.8) is 0 Å². The van der Waals surface area contributed by atoms with Crippen LogP contribution in [0.15, 0.2) is 9.72 Å². The molecule has 0 amide bonds. The van der Waals surface area contributed by atoms with E-state index in [0.717, 1.165) is 30.6 Å². The van der Waals surface area contributed by atoms with Gasteiger partial charge in [0.05, 0.1) is 12.6 Å². The largest absolute Gasteiger partial charge is 0.464 e. The van der Waals surface area contributed by atoms with Crippen LogP contribution in [0.5, 0.6) is 0 Å². The van der Waals surface area contributed by atoms with Crippen molar-refractivity contribution in [3.8, 4) is 0 Å². The summed E-state index contributed by atoms with van der Waals surface area (Å²) in [5.74, 6) is -0.750. The van der Waals surface area contributed by atoms with Crippen molar-refractivity contribution < 1.29 is 17.9 Å². The summed E-state index contributed by atoms with van der Waals surface area (Å²) in [4.78, 5) is 17.7. The molecule has 9 heteroatoms. The molecule has 1 aliphatic rings. The summed E-state index contributed by atoms with van der Waals surface area (Å²) in [6, 6.07) is 0. The molecule has 7 nitrogen and oxygen atoms in total. The van der Waals surface area contributed by atoms with Crippen LogP contribution in [0.3, 0.4) is 0 Å². The number of nitrogens with one attached hydrogen (secondary N) is 1. The van der Waals surface area contributed by atoms with Crippen LogP contribution in [0.2, 0.25) is 0 Å². The van der Waals surface area contributed by atoms with Gasteiger partial charge in [0.25, 0.3) is 10.0 Å². The number of carbonyl (C=O) groups excluding carboxylic acids is 1. The number of rotatable bonds is 4. The zero-order chi connectivity index (χ0) is 13.9. The van der Waals surface area contributed by atoms with E-state index in [1.165, 1.54) is 12.6 Å². The van der Waals surface area contributed by atoms with Crippen molar-refractivity contribution in [2.24, 2.45) is 0 Å². The van der Waals surface area contributed by atoms with Gasteiger partial charge in [0, 0.05) is 13.1 Å². The van der Waals surface area contributed by atoms with E-state index in [4.69, 9.17) is 0 Å². The Bertz CT molecular complexity index is 549. The molecule has 1 fully saturated rings. The monoisotopic (exact) mass is 305 g/mol. The van der Waals surface area contributed by atoms with E-state index in [-0.39, 0.29) is 9.90 Å². The number of thiazole rings is 1. The SMILES string of the molecule is COC(=O)c1ncsc1S(=O)(=O)NN1CCCCC1. The molecule has 19 heavy (non-hydrogen) atoms. The summed E-state index contributed by atoms with van der Waals surface area (Å²) >= 11 is 0.900. The number of piperidine rings is 1. The number of esters is 1. The summed E-state index contributed by atoms with van der Waals surface area (Å²) in [7, 11) is -2.58. The van der Waals surface area contributed by atoms with Gasteiger partial charge in [0.2, 0.25) is 0 Å². The Morgan fingerprint density at radius 3 is 2.74 bits per heavy atom. The number of nitrogens with zero attached hydrogens (tertiary/aromatic N) is 2. The minimum absolute atomic E-state index is 0.107. The van der Waals surface area contributed by atoms with Gasteiger partial charge >= 0.3 is 5.97 Å². The van der Waals surface area contributed by atoms with Gasteiger partial charge in [-0.05, 0) is 12.8 Å². The molecule has 0 bridgehead atoms. The Morgan fingerprint density at radius 2 is 2.11 bits per heavy atom. The highest BCUT2D eigenvalue weighted by atomic mass is 32.2. The fraction of sp³-hybridized carbons (Fsp3) is 0.600. The second kappa shape index (κ2) is 5.95. The van der Waals surface area contributed by atoms with Crippen molar-refractivity contribution in [2.75, 3.05) is 20.2 Å². The molecule has 106 valence electrons. The molecule has 0 radical (unpaired) electrons. The second-order valence-electron chi connectivity index (χ2n) is 4.12. The average molecular weight is 305 g/mol. The van der Waals surface area contributed by atoms with Gasteiger partial charge in [-0.3, -0.25) is 0 Å². The number of methoxy groups -OCH3 is 1. The average Bonchev–Trinajstić information content (AvgIpc) is 2.88. The molecule has 0 aliphatic carbocycles. The number of hydrogen-bond acceptors (Lipinski definition) is 7. The van der Waals surface area contributed by atoms with E-state index in [1.54, 1.807) is 5.01 Å². The number of ether oxygens (including phenoxy) is 1. The van der Waals surface area contributed by atoms with E-state index in [1.807, 2.05) is 0 Å². The quantitative estimate of drug-likeness (QED) is 0.820. The third-order valence-corrected chi connectivity index (χ3v) is 5.51. The lowest BCUT2D eigenvalue weighted by molar-refractivity contribution is 0.0590. The molecule has 0 atom stereocenters. The molecule has 2 heterocycles. The molecular formula is C10H15N3O4S2. The van der Waals surface area contributed by atoms with Crippen LogP contribution in [0.25, 0.3) is 0 Å². The lowest BCUT2D eigenvalue weighted by atomic mass is 10.2. The lowest BCUT2D eigenvalue weighted by Crippen LogP contribution is -2.45.